The molecule has 10 heteroatoms. The van der Waals surface area contributed by atoms with Gasteiger partial charge >= 0.3 is 0 Å². The number of nitro groups is 1. The average Bonchev–Trinajstić information content (AvgIpc) is 3.12. The molecule has 0 fully saturated rings. The number of carbonyl (C=O) groups excluding carboxylic acids is 1. The van der Waals surface area contributed by atoms with E-state index in [4.69, 9.17) is 0 Å². The van der Waals surface area contributed by atoms with Crippen LogP contribution in [0.1, 0.15) is 16.0 Å². The Kier molecular flexibility index (Phi) is 6.30. The van der Waals surface area contributed by atoms with Crippen LogP contribution in [-0.4, -0.2) is 31.7 Å². The summed E-state index contributed by atoms with van der Waals surface area (Å²) in [7, 11) is 0. The monoisotopic (exact) mass is 480 g/mol. The second-order valence-corrected chi connectivity index (χ2v) is 9.65. The number of thiophene rings is 1. The van der Waals surface area contributed by atoms with E-state index in [-0.39, 0.29) is 22.9 Å². The fourth-order valence-electron chi connectivity index (χ4n) is 3.43. The molecule has 2 heterocycles. The summed E-state index contributed by atoms with van der Waals surface area (Å²) in [5.41, 5.74) is 4.29. The third-order valence-corrected chi connectivity index (χ3v) is 7.23. The van der Waals surface area contributed by atoms with Crippen molar-refractivity contribution in [1.82, 2.24) is 9.97 Å². The first-order valence-electron chi connectivity index (χ1n) is 9.96. The summed E-state index contributed by atoms with van der Waals surface area (Å²) in [6.07, 6.45) is 1.48. The lowest BCUT2D eigenvalue weighted by Crippen LogP contribution is -2.14. The quantitative estimate of drug-likeness (QED) is 0.121. The van der Waals surface area contributed by atoms with Crippen LogP contribution in [0.25, 0.3) is 21.3 Å². The molecule has 0 spiro atoms. The zero-order valence-electron chi connectivity index (χ0n) is 18.1. The van der Waals surface area contributed by atoms with E-state index in [1.54, 1.807) is 11.3 Å². The van der Waals surface area contributed by atoms with Crippen LogP contribution < -0.4 is 5.32 Å². The molecule has 33 heavy (non-hydrogen) atoms. The number of aromatic nitrogens is 2. The molecule has 0 atom stereocenters. The standard InChI is InChI=1S/C23H20N4O4S2/c1-12-4-5-15(8-13(12)2)20-14(3)33-23-21(20)22(24-11-25-23)32-10-19(29)26-17-9-16(27(30)31)6-7-18(17)28/h4-9,11,28H,10H2,1-3H3,(H,26,29). The number of hydrogen-bond acceptors (Lipinski definition) is 8. The topological polar surface area (TPSA) is 118 Å². The molecule has 2 aromatic heterocycles. The molecule has 2 N–H and O–H groups in total. The number of benzene rings is 2. The Hall–Kier alpha value is -3.50. The number of phenolic OH excluding ortho intramolecular Hbond substituents is 1. The number of aromatic hydroxyl groups is 1. The van der Waals surface area contributed by atoms with E-state index < -0.39 is 10.8 Å². The number of hydrogen-bond donors (Lipinski definition) is 2. The molecule has 0 aliphatic heterocycles. The minimum Gasteiger partial charge on any atom is -0.506 e. The fourth-order valence-corrected chi connectivity index (χ4v) is 5.31. The van der Waals surface area contributed by atoms with Crippen LogP contribution in [0, 0.1) is 30.9 Å². The van der Waals surface area contributed by atoms with Crippen molar-refractivity contribution in [2.75, 3.05) is 11.1 Å². The molecular weight excluding hydrogens is 460 g/mol. The lowest BCUT2D eigenvalue weighted by molar-refractivity contribution is -0.384. The van der Waals surface area contributed by atoms with Gasteiger partial charge in [-0.1, -0.05) is 30.0 Å². The van der Waals surface area contributed by atoms with E-state index in [0.29, 0.717) is 5.03 Å². The van der Waals surface area contributed by atoms with Gasteiger partial charge in [0.15, 0.2) is 0 Å². The average molecular weight is 481 g/mol. The van der Waals surface area contributed by atoms with E-state index >= 15 is 0 Å². The number of thioether (sulfide) groups is 1. The largest absolute Gasteiger partial charge is 0.506 e. The van der Waals surface area contributed by atoms with E-state index in [9.17, 15) is 20.0 Å². The van der Waals surface area contributed by atoms with Crippen LogP contribution in [-0.2, 0) is 4.79 Å². The summed E-state index contributed by atoms with van der Waals surface area (Å²) < 4.78 is 0. The van der Waals surface area contributed by atoms with Crippen molar-refractivity contribution < 1.29 is 14.8 Å². The molecular formula is C23H20N4O4S2. The van der Waals surface area contributed by atoms with Crippen molar-refractivity contribution in [3.05, 3.63) is 68.8 Å². The molecule has 4 aromatic rings. The zero-order chi connectivity index (χ0) is 23.7. The molecule has 0 radical (unpaired) electrons. The lowest BCUT2D eigenvalue weighted by atomic mass is 9.99. The van der Waals surface area contributed by atoms with Gasteiger partial charge in [-0.05, 0) is 43.5 Å². The Labute approximate surface area is 197 Å². The molecule has 0 saturated heterocycles. The van der Waals surface area contributed by atoms with Crippen LogP contribution in [0.3, 0.4) is 0 Å². The summed E-state index contributed by atoms with van der Waals surface area (Å²) in [5.74, 6) is -0.647. The van der Waals surface area contributed by atoms with E-state index in [2.05, 4.69) is 47.3 Å². The molecule has 168 valence electrons. The van der Waals surface area contributed by atoms with E-state index in [1.165, 1.54) is 41.3 Å². The summed E-state index contributed by atoms with van der Waals surface area (Å²) in [4.78, 5) is 33.7. The number of nitrogens with one attached hydrogen (secondary N) is 1. The Bertz CT molecular complexity index is 1400. The smallest absolute Gasteiger partial charge is 0.271 e. The maximum atomic E-state index is 12.5. The Morgan fingerprint density at radius 3 is 2.67 bits per heavy atom. The first kappa shape index (κ1) is 22.7. The number of fused-ring (bicyclic) bond motifs is 1. The molecule has 0 aliphatic carbocycles. The highest BCUT2D eigenvalue weighted by molar-refractivity contribution is 8.00. The molecule has 0 saturated carbocycles. The molecule has 1 amide bonds. The Morgan fingerprint density at radius 1 is 1.15 bits per heavy atom. The predicted molar refractivity (Wildman–Crippen MR) is 131 cm³/mol. The second kappa shape index (κ2) is 9.16. The van der Waals surface area contributed by atoms with Gasteiger partial charge in [0, 0.05) is 22.6 Å². The first-order chi connectivity index (χ1) is 15.7. The van der Waals surface area contributed by atoms with Crippen LogP contribution in [0.4, 0.5) is 11.4 Å². The number of aryl methyl sites for hydroxylation is 3. The number of nitrogens with zero attached hydrogens (tertiary/aromatic N) is 3. The SMILES string of the molecule is Cc1ccc(-c2c(C)sc3ncnc(SCC(=O)Nc4cc([N+](=O)[O-])ccc4O)c23)cc1C. The van der Waals surface area contributed by atoms with Gasteiger partial charge in [0.25, 0.3) is 5.69 Å². The molecule has 0 bridgehead atoms. The normalized spacial score (nSPS) is 11.0. The van der Waals surface area contributed by atoms with Crippen molar-refractivity contribution in [3.8, 4) is 16.9 Å². The predicted octanol–water partition coefficient (Wildman–Crippen LogP) is 5.63. The van der Waals surface area contributed by atoms with Crippen LogP contribution in [0.5, 0.6) is 5.75 Å². The van der Waals surface area contributed by atoms with E-state index in [0.717, 1.165) is 32.3 Å². The van der Waals surface area contributed by atoms with Crippen LogP contribution in [0.15, 0.2) is 47.8 Å². The minimum atomic E-state index is -0.589. The van der Waals surface area contributed by atoms with Gasteiger partial charge in [-0.25, -0.2) is 9.97 Å². The first-order valence-corrected chi connectivity index (χ1v) is 11.8. The second-order valence-electron chi connectivity index (χ2n) is 7.49. The van der Waals surface area contributed by atoms with Crippen LogP contribution >= 0.6 is 23.1 Å². The molecule has 8 nitrogen and oxygen atoms in total. The van der Waals surface area contributed by atoms with Crippen molar-refractivity contribution in [2.45, 2.75) is 25.8 Å². The highest BCUT2D eigenvalue weighted by Gasteiger charge is 2.19. The third-order valence-electron chi connectivity index (χ3n) is 5.23. The zero-order valence-corrected chi connectivity index (χ0v) is 19.7. The Balaban J connectivity index is 1.61. The van der Waals surface area contributed by atoms with Gasteiger partial charge in [0.05, 0.1) is 21.7 Å². The van der Waals surface area contributed by atoms with Crippen molar-refractivity contribution >= 4 is 50.6 Å². The van der Waals surface area contributed by atoms with Gasteiger partial charge in [0.2, 0.25) is 5.91 Å². The van der Waals surface area contributed by atoms with Crippen molar-refractivity contribution in [3.63, 3.8) is 0 Å². The number of phenols is 1. The maximum Gasteiger partial charge on any atom is 0.271 e. The van der Waals surface area contributed by atoms with Crippen molar-refractivity contribution in [1.29, 1.82) is 0 Å². The summed E-state index contributed by atoms with van der Waals surface area (Å²) in [5, 5.41) is 25.0. The van der Waals surface area contributed by atoms with Gasteiger partial charge in [0.1, 0.15) is 21.9 Å². The minimum absolute atomic E-state index is 0.00941. The highest BCUT2D eigenvalue weighted by atomic mass is 32.2. The van der Waals surface area contributed by atoms with Crippen molar-refractivity contribution in [2.24, 2.45) is 0 Å². The molecule has 0 unspecified atom stereocenters. The van der Waals surface area contributed by atoms with Crippen LogP contribution in [0.2, 0.25) is 0 Å². The van der Waals surface area contributed by atoms with Gasteiger partial charge in [-0.3, -0.25) is 14.9 Å². The highest BCUT2D eigenvalue weighted by Crippen LogP contribution is 2.41. The number of carbonyl (C=O) groups is 1. The van der Waals surface area contributed by atoms with Gasteiger partial charge in [-0.2, -0.15) is 0 Å². The summed E-state index contributed by atoms with van der Waals surface area (Å²) >= 11 is 2.83. The van der Waals surface area contributed by atoms with E-state index in [1.807, 2.05) is 6.92 Å². The van der Waals surface area contributed by atoms with Gasteiger partial charge in [-0.15, -0.1) is 11.3 Å². The summed E-state index contributed by atoms with van der Waals surface area (Å²) in [6, 6.07) is 9.78. The lowest BCUT2D eigenvalue weighted by Gasteiger charge is -2.09. The number of non-ortho nitro benzene ring substituents is 1. The van der Waals surface area contributed by atoms with Gasteiger partial charge < -0.3 is 10.4 Å². The Morgan fingerprint density at radius 2 is 1.94 bits per heavy atom. The number of anilines is 1. The molecule has 0 aliphatic rings. The maximum absolute atomic E-state index is 12.5. The number of rotatable bonds is 6. The third kappa shape index (κ3) is 4.67. The summed E-state index contributed by atoms with van der Waals surface area (Å²) in [6.45, 7) is 6.19. The fraction of sp³-hybridized carbons (Fsp3) is 0.174. The molecule has 2 aromatic carbocycles. The molecule has 4 rings (SSSR count). The number of nitro benzene ring substituents is 1. The number of amides is 1.